The highest BCUT2D eigenvalue weighted by Crippen LogP contribution is 2.44. The van der Waals surface area contributed by atoms with Gasteiger partial charge in [0.25, 0.3) is 0 Å². The van der Waals surface area contributed by atoms with Gasteiger partial charge in [0, 0.05) is 23.9 Å². The normalized spacial score (nSPS) is 21.7. The van der Waals surface area contributed by atoms with E-state index in [-0.39, 0.29) is 29.7 Å². The first-order valence-electron chi connectivity index (χ1n) is 7.27. The van der Waals surface area contributed by atoms with Gasteiger partial charge in [0.05, 0.1) is 6.04 Å². The standard InChI is InChI=1S/C15H12FN5O2/c16-14-11-5-8-1-2-12(10(11)3-4-18-14)21(8)15(22)19-13-6-9(7-17)23-20-13/h3-4,6,8,12H,1-2,5H2,(H,19,20,22). The molecule has 4 heterocycles. The molecule has 116 valence electrons. The molecule has 1 N–H and O–H groups in total. The fraction of sp³-hybridized carbons (Fsp3) is 0.333. The topological polar surface area (TPSA) is 95.1 Å². The smallest absolute Gasteiger partial charge is 0.323 e. The first-order valence-corrected chi connectivity index (χ1v) is 7.27. The minimum Gasteiger partial charge on any atom is -0.343 e. The van der Waals surface area contributed by atoms with Crippen molar-refractivity contribution in [3.8, 4) is 6.07 Å². The molecule has 2 atom stereocenters. The molecule has 0 radical (unpaired) electrons. The molecule has 7 nitrogen and oxygen atoms in total. The van der Waals surface area contributed by atoms with Crippen LogP contribution in [0, 0.1) is 17.3 Å². The lowest BCUT2D eigenvalue weighted by atomic mass is 9.95. The largest absolute Gasteiger partial charge is 0.343 e. The van der Waals surface area contributed by atoms with E-state index in [2.05, 4.69) is 15.5 Å². The number of hydrogen-bond donors (Lipinski definition) is 1. The minimum atomic E-state index is -0.449. The number of amides is 2. The fourth-order valence-corrected chi connectivity index (χ4v) is 3.49. The molecule has 2 aromatic heterocycles. The van der Waals surface area contributed by atoms with E-state index in [1.807, 2.05) is 0 Å². The van der Waals surface area contributed by atoms with Crippen LogP contribution in [0.25, 0.3) is 0 Å². The molecule has 2 aromatic rings. The predicted octanol–water partition coefficient (Wildman–Crippen LogP) is 2.37. The van der Waals surface area contributed by atoms with Gasteiger partial charge in [0.1, 0.15) is 6.07 Å². The monoisotopic (exact) mass is 313 g/mol. The molecule has 0 saturated carbocycles. The maximum absolute atomic E-state index is 13.9. The second kappa shape index (κ2) is 5.05. The quantitative estimate of drug-likeness (QED) is 0.816. The Balaban J connectivity index is 1.60. The van der Waals surface area contributed by atoms with Crippen LogP contribution in [0.15, 0.2) is 22.9 Å². The Kier molecular flexibility index (Phi) is 3.01. The second-order valence-electron chi connectivity index (χ2n) is 5.65. The van der Waals surface area contributed by atoms with Crippen molar-refractivity contribution in [2.75, 3.05) is 5.32 Å². The second-order valence-corrected chi connectivity index (χ2v) is 5.65. The third-order valence-electron chi connectivity index (χ3n) is 4.43. The number of pyridine rings is 1. The van der Waals surface area contributed by atoms with E-state index < -0.39 is 5.95 Å². The summed E-state index contributed by atoms with van der Waals surface area (Å²) in [5.74, 6) is -0.229. The molecule has 2 aliphatic rings. The zero-order chi connectivity index (χ0) is 16.0. The molecule has 8 heteroatoms. The van der Waals surface area contributed by atoms with Crippen molar-refractivity contribution in [3.63, 3.8) is 0 Å². The van der Waals surface area contributed by atoms with Crippen molar-refractivity contribution in [1.82, 2.24) is 15.0 Å². The predicted molar refractivity (Wildman–Crippen MR) is 75.7 cm³/mol. The molecule has 1 fully saturated rings. The third kappa shape index (κ3) is 2.12. The highest BCUT2D eigenvalue weighted by Gasteiger charge is 2.43. The Hall–Kier alpha value is -2.95. The van der Waals surface area contributed by atoms with Gasteiger partial charge in [-0.25, -0.2) is 9.78 Å². The Morgan fingerprint density at radius 1 is 1.52 bits per heavy atom. The van der Waals surface area contributed by atoms with E-state index in [1.165, 1.54) is 12.3 Å². The van der Waals surface area contributed by atoms with Gasteiger partial charge >= 0.3 is 6.03 Å². The first-order chi connectivity index (χ1) is 11.2. The number of aromatic nitrogens is 2. The van der Waals surface area contributed by atoms with Gasteiger partial charge in [-0.05, 0) is 30.9 Å². The molecule has 0 aliphatic carbocycles. The van der Waals surface area contributed by atoms with Crippen molar-refractivity contribution >= 4 is 11.8 Å². The minimum absolute atomic E-state index is 0.0282. The van der Waals surface area contributed by atoms with Gasteiger partial charge in [-0.3, -0.25) is 5.32 Å². The van der Waals surface area contributed by atoms with Crippen molar-refractivity contribution in [2.45, 2.75) is 31.3 Å². The molecule has 2 bridgehead atoms. The number of hydrogen-bond acceptors (Lipinski definition) is 5. The molecular weight excluding hydrogens is 301 g/mol. The molecule has 2 amide bonds. The van der Waals surface area contributed by atoms with Crippen LogP contribution in [-0.2, 0) is 6.42 Å². The van der Waals surface area contributed by atoms with Gasteiger partial charge in [-0.15, -0.1) is 0 Å². The summed E-state index contributed by atoms with van der Waals surface area (Å²) in [7, 11) is 0. The van der Waals surface area contributed by atoms with Crippen LogP contribution in [0.4, 0.5) is 15.0 Å². The maximum Gasteiger partial charge on any atom is 0.323 e. The van der Waals surface area contributed by atoms with Crippen LogP contribution in [-0.4, -0.2) is 27.1 Å². The third-order valence-corrected chi connectivity index (χ3v) is 4.43. The van der Waals surface area contributed by atoms with Gasteiger partial charge in [0.2, 0.25) is 11.7 Å². The average molecular weight is 313 g/mol. The summed E-state index contributed by atoms with van der Waals surface area (Å²) in [6, 6.07) is 4.40. The van der Waals surface area contributed by atoms with E-state index >= 15 is 0 Å². The van der Waals surface area contributed by atoms with E-state index in [4.69, 9.17) is 9.78 Å². The van der Waals surface area contributed by atoms with Gasteiger partial charge in [-0.2, -0.15) is 9.65 Å². The van der Waals surface area contributed by atoms with Crippen LogP contribution in [0.5, 0.6) is 0 Å². The van der Waals surface area contributed by atoms with Gasteiger partial charge < -0.3 is 9.42 Å². The number of nitrogens with one attached hydrogen (secondary N) is 1. The summed E-state index contributed by atoms with van der Waals surface area (Å²) in [5, 5.41) is 15.0. The molecule has 23 heavy (non-hydrogen) atoms. The van der Waals surface area contributed by atoms with Crippen LogP contribution in [0.1, 0.15) is 35.8 Å². The Bertz CT molecular complexity index is 828. The van der Waals surface area contributed by atoms with E-state index in [9.17, 15) is 9.18 Å². The van der Waals surface area contributed by atoms with Gasteiger partial charge in [-0.1, -0.05) is 5.16 Å². The molecule has 4 rings (SSSR count). The molecule has 0 aromatic carbocycles. The van der Waals surface area contributed by atoms with E-state index in [0.29, 0.717) is 12.0 Å². The van der Waals surface area contributed by atoms with Gasteiger partial charge in [0.15, 0.2) is 5.82 Å². The number of halogens is 1. The van der Waals surface area contributed by atoms with Crippen molar-refractivity contribution < 1.29 is 13.7 Å². The number of carbonyl (C=O) groups excluding carboxylic acids is 1. The van der Waals surface area contributed by atoms with Crippen LogP contribution in [0.2, 0.25) is 0 Å². The number of carbonyl (C=O) groups is 1. The molecule has 2 unspecified atom stereocenters. The lowest BCUT2D eigenvalue weighted by Crippen LogP contribution is -2.44. The van der Waals surface area contributed by atoms with Crippen LogP contribution < -0.4 is 5.32 Å². The van der Waals surface area contributed by atoms with Crippen molar-refractivity contribution in [1.29, 1.82) is 5.26 Å². The summed E-state index contributed by atoms with van der Waals surface area (Å²) < 4.78 is 18.6. The molecular formula is C15H12FN5O2. The van der Waals surface area contributed by atoms with E-state index in [0.717, 1.165) is 18.4 Å². The number of anilines is 1. The zero-order valence-corrected chi connectivity index (χ0v) is 12.0. The van der Waals surface area contributed by atoms with Crippen molar-refractivity contribution in [3.05, 3.63) is 41.2 Å². The first kappa shape index (κ1) is 13.7. The summed E-state index contributed by atoms with van der Waals surface area (Å²) in [5.41, 5.74) is 1.43. The highest BCUT2D eigenvalue weighted by molar-refractivity contribution is 5.89. The number of nitrogens with zero attached hydrogens (tertiary/aromatic N) is 4. The molecule has 0 spiro atoms. The molecule has 1 saturated heterocycles. The fourth-order valence-electron chi connectivity index (χ4n) is 3.49. The average Bonchev–Trinajstić information content (AvgIpc) is 3.12. The Labute approximate surface area is 130 Å². The number of urea groups is 1. The Morgan fingerprint density at radius 2 is 2.39 bits per heavy atom. The SMILES string of the molecule is N#Cc1cc(NC(=O)N2C3CCC2c2ccnc(F)c2C3)no1. The summed E-state index contributed by atoms with van der Waals surface area (Å²) in [6.07, 6.45) is 3.49. The maximum atomic E-state index is 13.9. The van der Waals surface area contributed by atoms with E-state index in [1.54, 1.807) is 17.0 Å². The molecule has 2 aliphatic heterocycles. The summed E-state index contributed by atoms with van der Waals surface area (Å²) >= 11 is 0. The lowest BCUT2D eigenvalue weighted by Gasteiger charge is -2.35. The number of rotatable bonds is 1. The zero-order valence-electron chi connectivity index (χ0n) is 12.0. The van der Waals surface area contributed by atoms with Crippen LogP contribution in [0.3, 0.4) is 0 Å². The van der Waals surface area contributed by atoms with Crippen LogP contribution >= 0.6 is 0 Å². The summed E-state index contributed by atoms with van der Waals surface area (Å²) in [6.45, 7) is 0. The number of nitriles is 1. The highest BCUT2D eigenvalue weighted by atomic mass is 19.1. The lowest BCUT2D eigenvalue weighted by molar-refractivity contribution is 0.178. The Morgan fingerprint density at radius 3 is 3.17 bits per heavy atom. The van der Waals surface area contributed by atoms with Crippen molar-refractivity contribution in [2.24, 2.45) is 0 Å². The summed E-state index contributed by atoms with van der Waals surface area (Å²) in [4.78, 5) is 18.0. The number of fused-ring (bicyclic) bond motifs is 4.